The largest absolute Gasteiger partial charge is 0.483 e. The van der Waals surface area contributed by atoms with Crippen molar-refractivity contribution in [3.05, 3.63) is 12.1 Å². The Bertz CT molecular complexity index is 541. The molecule has 0 bridgehead atoms. The molecule has 18 heteroatoms. The molecule has 0 N–H and O–H groups in total. The lowest BCUT2D eigenvalue weighted by Crippen LogP contribution is -2.65. The van der Waals surface area contributed by atoms with Gasteiger partial charge in [-0.15, -0.1) is 0 Å². The molecular formula is C8F16O2. The van der Waals surface area contributed by atoms with E-state index in [1.54, 1.807) is 4.74 Å². The zero-order chi connectivity index (χ0) is 21.6. The van der Waals surface area contributed by atoms with Crippen molar-refractivity contribution in [2.45, 2.75) is 36.3 Å². The minimum Gasteiger partial charge on any atom is -0.397 e. The SMILES string of the molecule is FC(F)=C(F)OC(F)(F)C(F)(F)C(F)(F)C(F)(F)OC(F)(F)C(F)(F)F. The molecule has 0 aliphatic carbocycles. The van der Waals surface area contributed by atoms with Crippen LogP contribution in [0.3, 0.4) is 0 Å². The molecule has 156 valence electrons. The summed E-state index contributed by atoms with van der Waals surface area (Å²) in [6.45, 7) is 0. The van der Waals surface area contributed by atoms with Crippen LogP contribution in [0.5, 0.6) is 0 Å². The molecule has 0 heterocycles. The third kappa shape index (κ3) is 4.20. The van der Waals surface area contributed by atoms with E-state index >= 15 is 0 Å². The van der Waals surface area contributed by atoms with Crippen molar-refractivity contribution in [2.24, 2.45) is 0 Å². The van der Waals surface area contributed by atoms with Gasteiger partial charge in [-0.3, -0.25) is 0 Å². The number of alkyl halides is 13. The number of hydrogen-bond donors (Lipinski definition) is 0. The Morgan fingerprint density at radius 1 is 0.500 bits per heavy atom. The van der Waals surface area contributed by atoms with Gasteiger partial charge in [0.25, 0.3) is 0 Å². The standard InChI is InChI=1S/C8F16O2/c9-1(10)2(11)25-6(19,20)3(12,13)4(14,15)7(21,22)26-8(23,24)5(16,17)18. The van der Waals surface area contributed by atoms with Crippen molar-refractivity contribution < 1.29 is 79.7 Å². The van der Waals surface area contributed by atoms with E-state index in [2.05, 4.69) is 0 Å². The lowest BCUT2D eigenvalue weighted by Gasteiger charge is -2.36. The van der Waals surface area contributed by atoms with E-state index in [0.717, 1.165) is 0 Å². The van der Waals surface area contributed by atoms with E-state index in [4.69, 9.17) is 0 Å². The normalized spacial score (nSPS) is 15.1. The van der Waals surface area contributed by atoms with Gasteiger partial charge in [-0.05, 0) is 0 Å². The quantitative estimate of drug-likeness (QED) is 0.382. The van der Waals surface area contributed by atoms with E-state index in [0.29, 0.717) is 0 Å². The average molecular weight is 432 g/mol. The van der Waals surface area contributed by atoms with E-state index < -0.39 is 48.4 Å². The van der Waals surface area contributed by atoms with Crippen LogP contribution in [-0.4, -0.2) is 36.3 Å². The summed E-state index contributed by atoms with van der Waals surface area (Å²) >= 11 is 0. The molecule has 0 radical (unpaired) electrons. The number of ether oxygens (including phenoxy) is 2. The Kier molecular flexibility index (Phi) is 6.11. The average Bonchev–Trinajstić information content (AvgIpc) is 2.34. The van der Waals surface area contributed by atoms with Gasteiger partial charge in [-0.2, -0.15) is 70.2 Å². The van der Waals surface area contributed by atoms with E-state index in [-0.39, 0.29) is 0 Å². The topological polar surface area (TPSA) is 18.5 Å². The van der Waals surface area contributed by atoms with Gasteiger partial charge >= 0.3 is 48.4 Å². The summed E-state index contributed by atoms with van der Waals surface area (Å²) in [6.07, 6.45) is -33.4. The first-order chi connectivity index (χ1) is 11.0. The number of hydrogen-bond acceptors (Lipinski definition) is 2. The Morgan fingerprint density at radius 3 is 1.15 bits per heavy atom. The lowest BCUT2D eigenvalue weighted by molar-refractivity contribution is -0.518. The maximum atomic E-state index is 12.8. The van der Waals surface area contributed by atoms with Crippen molar-refractivity contribution in [1.82, 2.24) is 0 Å². The van der Waals surface area contributed by atoms with Gasteiger partial charge in [0.05, 0.1) is 0 Å². The molecule has 0 rings (SSSR count). The van der Waals surface area contributed by atoms with Crippen LogP contribution in [-0.2, 0) is 9.47 Å². The highest BCUT2D eigenvalue weighted by atomic mass is 19.4. The van der Waals surface area contributed by atoms with Crippen LogP contribution in [0, 0.1) is 0 Å². The van der Waals surface area contributed by atoms with E-state index in [1.165, 1.54) is 4.74 Å². The molecule has 0 spiro atoms. The van der Waals surface area contributed by atoms with Crippen LogP contribution in [0.25, 0.3) is 0 Å². The van der Waals surface area contributed by atoms with Gasteiger partial charge in [0.15, 0.2) is 0 Å². The minimum absolute atomic E-state index is 1.22. The van der Waals surface area contributed by atoms with Gasteiger partial charge in [-0.25, -0.2) is 4.74 Å². The minimum atomic E-state index is -7.95. The third-order valence-electron chi connectivity index (χ3n) is 2.08. The van der Waals surface area contributed by atoms with E-state index in [1.807, 2.05) is 0 Å². The summed E-state index contributed by atoms with van der Waals surface area (Å²) in [5.41, 5.74) is 0. The first kappa shape index (κ1) is 24.4. The molecule has 0 amide bonds. The summed E-state index contributed by atoms with van der Waals surface area (Å²) in [7, 11) is 0. The highest BCUT2D eigenvalue weighted by molar-refractivity contribution is 4.99. The van der Waals surface area contributed by atoms with Crippen molar-refractivity contribution in [1.29, 1.82) is 0 Å². The van der Waals surface area contributed by atoms with Crippen LogP contribution in [0.2, 0.25) is 0 Å². The second-order valence-corrected chi connectivity index (χ2v) is 3.94. The fourth-order valence-corrected chi connectivity index (χ4v) is 0.864. The summed E-state index contributed by atoms with van der Waals surface area (Å²) in [5, 5.41) is 0. The molecule has 26 heavy (non-hydrogen) atoms. The first-order valence-corrected chi connectivity index (χ1v) is 5.09. The van der Waals surface area contributed by atoms with Crippen LogP contribution >= 0.6 is 0 Å². The second kappa shape index (κ2) is 6.52. The Labute approximate surface area is 129 Å². The second-order valence-electron chi connectivity index (χ2n) is 3.94. The fourth-order valence-electron chi connectivity index (χ4n) is 0.864. The first-order valence-electron chi connectivity index (χ1n) is 5.09. The predicted molar refractivity (Wildman–Crippen MR) is 43.3 cm³/mol. The highest BCUT2D eigenvalue weighted by Gasteiger charge is 2.85. The number of rotatable bonds is 7. The Balaban J connectivity index is 5.99. The summed E-state index contributed by atoms with van der Waals surface area (Å²) in [4.78, 5) is 0. The zero-order valence-electron chi connectivity index (χ0n) is 10.9. The molecule has 0 aliphatic heterocycles. The van der Waals surface area contributed by atoms with Crippen LogP contribution in [0.15, 0.2) is 12.1 Å². The summed E-state index contributed by atoms with van der Waals surface area (Å²) in [5.74, 6) is -15.8. The molecule has 0 fully saturated rings. The third-order valence-corrected chi connectivity index (χ3v) is 2.08. The molecule has 0 aromatic rings. The van der Waals surface area contributed by atoms with Crippen LogP contribution in [0.1, 0.15) is 0 Å². The Hall–Kier alpha value is -1.62. The molecule has 0 atom stereocenters. The molecule has 0 unspecified atom stereocenters. The molecule has 0 saturated heterocycles. The van der Waals surface area contributed by atoms with Gasteiger partial charge in [-0.1, -0.05) is 0 Å². The molecule has 0 aromatic heterocycles. The van der Waals surface area contributed by atoms with Gasteiger partial charge in [0.2, 0.25) is 0 Å². The smallest absolute Gasteiger partial charge is 0.397 e. The monoisotopic (exact) mass is 432 g/mol. The van der Waals surface area contributed by atoms with Crippen molar-refractivity contribution >= 4 is 0 Å². The van der Waals surface area contributed by atoms with Crippen LogP contribution < -0.4 is 0 Å². The molecule has 0 aliphatic rings. The molecular weight excluding hydrogens is 432 g/mol. The summed E-state index contributed by atoms with van der Waals surface area (Å²) in [6, 6.07) is -3.96. The highest BCUT2D eigenvalue weighted by Crippen LogP contribution is 2.56. The van der Waals surface area contributed by atoms with Crippen molar-refractivity contribution in [2.75, 3.05) is 0 Å². The predicted octanol–water partition coefficient (Wildman–Crippen LogP) is 5.67. The van der Waals surface area contributed by atoms with Gasteiger partial charge in [0.1, 0.15) is 0 Å². The summed E-state index contributed by atoms with van der Waals surface area (Å²) < 4.78 is 199. The molecule has 2 nitrogen and oxygen atoms in total. The lowest BCUT2D eigenvalue weighted by atomic mass is 10.1. The Morgan fingerprint density at radius 2 is 0.846 bits per heavy atom. The number of halogens is 16. The molecule has 0 saturated carbocycles. The van der Waals surface area contributed by atoms with E-state index in [9.17, 15) is 70.2 Å². The van der Waals surface area contributed by atoms with Gasteiger partial charge in [0, 0.05) is 0 Å². The van der Waals surface area contributed by atoms with Crippen molar-refractivity contribution in [3.8, 4) is 0 Å². The fraction of sp³-hybridized carbons (Fsp3) is 0.750. The molecule has 0 aromatic carbocycles. The van der Waals surface area contributed by atoms with Crippen LogP contribution in [0.4, 0.5) is 70.2 Å². The van der Waals surface area contributed by atoms with Crippen molar-refractivity contribution in [3.63, 3.8) is 0 Å². The maximum absolute atomic E-state index is 12.8. The zero-order valence-corrected chi connectivity index (χ0v) is 10.9. The van der Waals surface area contributed by atoms with Gasteiger partial charge < -0.3 is 4.74 Å². The maximum Gasteiger partial charge on any atom is 0.483 e.